The van der Waals surface area contributed by atoms with Crippen LogP contribution in [0.4, 0.5) is 0 Å². The van der Waals surface area contributed by atoms with Crippen LogP contribution in [-0.2, 0) is 14.8 Å². The van der Waals surface area contributed by atoms with Crippen molar-refractivity contribution >= 4 is 10.0 Å². The SMILES string of the molecule is CCC(O)c1cccc(S(=O)(=O)NC2CCOC2)c1. The van der Waals surface area contributed by atoms with Gasteiger partial charge in [-0.3, -0.25) is 0 Å². The first-order valence-electron chi connectivity index (χ1n) is 6.41. The molecule has 2 N–H and O–H groups in total. The van der Waals surface area contributed by atoms with Gasteiger partial charge in [0.05, 0.1) is 17.6 Å². The van der Waals surface area contributed by atoms with E-state index in [9.17, 15) is 13.5 Å². The molecule has 0 saturated carbocycles. The van der Waals surface area contributed by atoms with Crippen LogP contribution in [0.2, 0.25) is 0 Å². The molecular formula is C13H19NO4S. The highest BCUT2D eigenvalue weighted by molar-refractivity contribution is 7.89. The minimum atomic E-state index is -3.55. The number of sulfonamides is 1. The van der Waals surface area contributed by atoms with E-state index in [4.69, 9.17) is 4.74 Å². The lowest BCUT2D eigenvalue weighted by Crippen LogP contribution is -2.35. The fraction of sp³-hybridized carbons (Fsp3) is 0.538. The summed E-state index contributed by atoms with van der Waals surface area (Å²) in [5, 5.41) is 9.77. The molecular weight excluding hydrogens is 266 g/mol. The average molecular weight is 285 g/mol. The summed E-state index contributed by atoms with van der Waals surface area (Å²) >= 11 is 0. The van der Waals surface area contributed by atoms with Gasteiger partial charge >= 0.3 is 0 Å². The van der Waals surface area contributed by atoms with Gasteiger partial charge in [0.1, 0.15) is 0 Å². The smallest absolute Gasteiger partial charge is 0.240 e. The second-order valence-electron chi connectivity index (χ2n) is 4.68. The minimum absolute atomic E-state index is 0.162. The van der Waals surface area contributed by atoms with E-state index in [0.717, 1.165) is 0 Å². The molecule has 2 rings (SSSR count). The number of hydrogen-bond donors (Lipinski definition) is 2. The van der Waals surface area contributed by atoms with Gasteiger partial charge in [-0.15, -0.1) is 0 Å². The quantitative estimate of drug-likeness (QED) is 0.852. The molecule has 1 aromatic carbocycles. The van der Waals surface area contributed by atoms with E-state index in [1.807, 2.05) is 6.92 Å². The predicted octanol–water partition coefficient (Wildman–Crippen LogP) is 1.20. The highest BCUT2D eigenvalue weighted by Crippen LogP contribution is 2.20. The largest absolute Gasteiger partial charge is 0.388 e. The first-order chi connectivity index (χ1) is 9.03. The molecule has 0 aliphatic carbocycles. The molecule has 106 valence electrons. The number of ether oxygens (including phenoxy) is 1. The van der Waals surface area contributed by atoms with Crippen LogP contribution in [0.5, 0.6) is 0 Å². The Hall–Kier alpha value is -0.950. The van der Waals surface area contributed by atoms with Crippen molar-refractivity contribution in [2.24, 2.45) is 0 Å². The van der Waals surface area contributed by atoms with Crippen LogP contribution in [0.3, 0.4) is 0 Å². The van der Waals surface area contributed by atoms with E-state index in [-0.39, 0.29) is 10.9 Å². The predicted molar refractivity (Wildman–Crippen MR) is 71.2 cm³/mol. The molecule has 6 heteroatoms. The van der Waals surface area contributed by atoms with Crippen LogP contribution in [0.1, 0.15) is 31.4 Å². The van der Waals surface area contributed by atoms with Crippen molar-refractivity contribution < 1.29 is 18.3 Å². The summed E-state index contributed by atoms with van der Waals surface area (Å²) in [6, 6.07) is 6.26. The summed E-state index contributed by atoms with van der Waals surface area (Å²) in [4.78, 5) is 0.185. The van der Waals surface area contributed by atoms with Crippen LogP contribution >= 0.6 is 0 Å². The molecule has 19 heavy (non-hydrogen) atoms. The Morgan fingerprint density at radius 2 is 2.32 bits per heavy atom. The van der Waals surface area contributed by atoms with E-state index in [1.165, 1.54) is 12.1 Å². The molecule has 5 nitrogen and oxygen atoms in total. The van der Waals surface area contributed by atoms with Crippen molar-refractivity contribution in [2.75, 3.05) is 13.2 Å². The van der Waals surface area contributed by atoms with Crippen molar-refractivity contribution in [3.63, 3.8) is 0 Å². The third kappa shape index (κ3) is 3.54. The molecule has 1 fully saturated rings. The Morgan fingerprint density at radius 3 is 2.95 bits per heavy atom. The van der Waals surface area contributed by atoms with Crippen LogP contribution in [0, 0.1) is 0 Å². The Labute approximate surface area is 113 Å². The molecule has 2 unspecified atom stereocenters. The molecule has 1 aliphatic rings. The summed E-state index contributed by atoms with van der Waals surface area (Å²) in [6.45, 7) is 2.85. The van der Waals surface area contributed by atoms with Gasteiger partial charge in [0.15, 0.2) is 0 Å². The first-order valence-corrected chi connectivity index (χ1v) is 7.89. The molecule has 1 aromatic rings. The van der Waals surface area contributed by atoms with Crippen molar-refractivity contribution in [2.45, 2.75) is 36.8 Å². The Kier molecular flexibility index (Phi) is 4.57. The Balaban J connectivity index is 2.19. The maximum atomic E-state index is 12.2. The van der Waals surface area contributed by atoms with Gasteiger partial charge < -0.3 is 9.84 Å². The molecule has 1 heterocycles. The van der Waals surface area contributed by atoms with E-state index in [1.54, 1.807) is 12.1 Å². The minimum Gasteiger partial charge on any atom is -0.388 e. The maximum absolute atomic E-state index is 12.2. The van der Waals surface area contributed by atoms with E-state index >= 15 is 0 Å². The van der Waals surface area contributed by atoms with Gasteiger partial charge in [-0.2, -0.15) is 0 Å². The highest BCUT2D eigenvalue weighted by atomic mass is 32.2. The monoisotopic (exact) mass is 285 g/mol. The molecule has 0 bridgehead atoms. The molecule has 0 radical (unpaired) electrons. The van der Waals surface area contributed by atoms with Crippen LogP contribution in [0.25, 0.3) is 0 Å². The highest BCUT2D eigenvalue weighted by Gasteiger charge is 2.23. The lowest BCUT2D eigenvalue weighted by molar-refractivity contribution is 0.173. The van der Waals surface area contributed by atoms with Gasteiger partial charge in [0.25, 0.3) is 0 Å². The van der Waals surface area contributed by atoms with Gasteiger partial charge in [0, 0.05) is 12.6 Å². The van der Waals surface area contributed by atoms with Crippen molar-refractivity contribution in [1.29, 1.82) is 0 Å². The lowest BCUT2D eigenvalue weighted by Gasteiger charge is -2.13. The van der Waals surface area contributed by atoms with Crippen molar-refractivity contribution in [3.8, 4) is 0 Å². The zero-order valence-electron chi connectivity index (χ0n) is 10.9. The zero-order valence-corrected chi connectivity index (χ0v) is 11.7. The van der Waals surface area contributed by atoms with Crippen LogP contribution in [0.15, 0.2) is 29.2 Å². The summed E-state index contributed by atoms with van der Waals surface area (Å²) < 4.78 is 32.2. The third-order valence-electron chi connectivity index (χ3n) is 3.19. The molecule has 0 amide bonds. The number of nitrogens with one attached hydrogen (secondary N) is 1. The average Bonchev–Trinajstić information content (AvgIpc) is 2.90. The van der Waals surface area contributed by atoms with Crippen LogP contribution < -0.4 is 4.72 Å². The van der Waals surface area contributed by atoms with Gasteiger partial charge in [0.2, 0.25) is 10.0 Å². The summed E-state index contributed by atoms with van der Waals surface area (Å²) in [5.41, 5.74) is 0.619. The second kappa shape index (κ2) is 6.00. The van der Waals surface area contributed by atoms with Crippen LogP contribution in [-0.4, -0.2) is 32.8 Å². The standard InChI is InChI=1S/C13H19NO4S/c1-2-13(15)10-4-3-5-12(8-10)19(16,17)14-11-6-7-18-9-11/h3-5,8,11,13-15H,2,6-7,9H2,1H3. The van der Waals surface area contributed by atoms with Gasteiger partial charge in [-0.1, -0.05) is 19.1 Å². The zero-order chi connectivity index (χ0) is 13.9. The fourth-order valence-corrected chi connectivity index (χ4v) is 3.35. The molecule has 0 spiro atoms. The molecule has 1 aliphatic heterocycles. The molecule has 0 aromatic heterocycles. The number of aliphatic hydroxyl groups excluding tert-OH is 1. The summed E-state index contributed by atoms with van der Waals surface area (Å²) in [5.74, 6) is 0. The molecule has 2 atom stereocenters. The summed E-state index contributed by atoms with van der Waals surface area (Å²) in [7, 11) is -3.55. The Bertz CT molecular complexity index is 523. The van der Waals surface area contributed by atoms with Gasteiger partial charge in [-0.25, -0.2) is 13.1 Å². The number of benzene rings is 1. The van der Waals surface area contributed by atoms with Gasteiger partial charge in [-0.05, 0) is 30.5 Å². The first kappa shape index (κ1) is 14.5. The van der Waals surface area contributed by atoms with E-state index in [2.05, 4.69) is 4.72 Å². The van der Waals surface area contributed by atoms with Crippen molar-refractivity contribution in [1.82, 2.24) is 4.72 Å². The fourth-order valence-electron chi connectivity index (χ4n) is 2.04. The number of hydrogen-bond acceptors (Lipinski definition) is 4. The Morgan fingerprint density at radius 1 is 1.53 bits per heavy atom. The number of aliphatic hydroxyl groups is 1. The topological polar surface area (TPSA) is 75.6 Å². The number of rotatable bonds is 5. The molecule has 1 saturated heterocycles. The lowest BCUT2D eigenvalue weighted by atomic mass is 10.1. The second-order valence-corrected chi connectivity index (χ2v) is 6.39. The normalized spacial score (nSPS) is 21.5. The third-order valence-corrected chi connectivity index (χ3v) is 4.71. The van der Waals surface area contributed by atoms with E-state index in [0.29, 0.717) is 31.6 Å². The van der Waals surface area contributed by atoms with Crippen molar-refractivity contribution in [3.05, 3.63) is 29.8 Å². The van der Waals surface area contributed by atoms with E-state index < -0.39 is 16.1 Å². The summed E-state index contributed by atoms with van der Waals surface area (Å²) in [6.07, 6.45) is 0.606. The maximum Gasteiger partial charge on any atom is 0.240 e.